The Bertz CT molecular complexity index is 487. The summed E-state index contributed by atoms with van der Waals surface area (Å²) in [7, 11) is 0. The lowest BCUT2D eigenvalue weighted by molar-refractivity contribution is -0.143. The first-order valence-electron chi connectivity index (χ1n) is 6.60. The van der Waals surface area contributed by atoms with Crippen molar-refractivity contribution >= 4 is 6.34 Å². The Kier molecular flexibility index (Phi) is 5.85. The van der Waals surface area contributed by atoms with Gasteiger partial charge in [-0.2, -0.15) is 26.3 Å². The quantitative estimate of drug-likeness (QED) is 0.439. The van der Waals surface area contributed by atoms with Crippen molar-refractivity contribution in [3.05, 3.63) is 34.9 Å². The van der Waals surface area contributed by atoms with Crippen molar-refractivity contribution in [2.24, 2.45) is 4.99 Å². The van der Waals surface area contributed by atoms with E-state index in [4.69, 9.17) is 0 Å². The summed E-state index contributed by atoms with van der Waals surface area (Å²) in [5, 5.41) is 0. The van der Waals surface area contributed by atoms with Crippen LogP contribution < -0.4 is 0 Å². The summed E-state index contributed by atoms with van der Waals surface area (Å²) in [6.07, 6.45) is -8.23. The molecule has 0 aliphatic rings. The van der Waals surface area contributed by atoms with Crippen LogP contribution in [0, 0.1) is 0 Å². The van der Waals surface area contributed by atoms with E-state index in [1.165, 1.54) is 6.34 Å². The van der Waals surface area contributed by atoms with Crippen LogP contribution in [0.1, 0.15) is 30.5 Å². The van der Waals surface area contributed by atoms with Gasteiger partial charge in [-0.25, -0.2) is 0 Å². The normalized spacial score (nSPS) is 12.9. The summed E-state index contributed by atoms with van der Waals surface area (Å²) < 4.78 is 76.5. The van der Waals surface area contributed by atoms with Gasteiger partial charge in [0.25, 0.3) is 0 Å². The Balaban J connectivity index is 3.20. The number of aliphatic imine (C=N–C) groups is 1. The zero-order valence-corrected chi connectivity index (χ0v) is 12.1. The van der Waals surface area contributed by atoms with Crippen LogP contribution in [0.15, 0.2) is 23.2 Å². The minimum absolute atomic E-state index is 0.0634. The van der Waals surface area contributed by atoms with Gasteiger partial charge in [0.05, 0.1) is 17.5 Å². The molecule has 8 heteroatoms. The van der Waals surface area contributed by atoms with Gasteiger partial charge in [0.15, 0.2) is 0 Å². The topological polar surface area (TPSA) is 15.6 Å². The number of nitrogens with zero attached hydrogens (tertiary/aromatic N) is 2. The Morgan fingerprint density at radius 3 is 1.82 bits per heavy atom. The molecule has 0 aliphatic carbocycles. The molecule has 0 bridgehead atoms. The molecule has 1 aromatic rings. The number of halogens is 6. The van der Waals surface area contributed by atoms with E-state index in [9.17, 15) is 26.3 Å². The minimum Gasteiger partial charge on any atom is -0.359 e. The Hall–Kier alpha value is -1.73. The summed E-state index contributed by atoms with van der Waals surface area (Å²) in [5.74, 6) is 0. The van der Waals surface area contributed by atoms with Crippen molar-refractivity contribution in [1.82, 2.24) is 4.90 Å². The fraction of sp³-hybridized carbons (Fsp3) is 0.500. The van der Waals surface area contributed by atoms with Gasteiger partial charge in [-0.1, -0.05) is 0 Å². The molecule has 22 heavy (non-hydrogen) atoms. The van der Waals surface area contributed by atoms with Crippen LogP contribution in [0.5, 0.6) is 0 Å². The second-order valence-corrected chi connectivity index (χ2v) is 4.59. The van der Waals surface area contributed by atoms with Crippen LogP contribution in [-0.2, 0) is 18.9 Å². The molecule has 0 saturated carbocycles. The van der Waals surface area contributed by atoms with Crippen molar-refractivity contribution in [2.45, 2.75) is 32.7 Å². The van der Waals surface area contributed by atoms with E-state index in [1.807, 2.05) is 0 Å². The predicted octanol–water partition coefficient (Wildman–Crippen LogP) is 4.59. The highest BCUT2D eigenvalue weighted by Gasteiger charge is 2.36. The molecule has 1 aromatic carbocycles. The first kappa shape index (κ1) is 18.3. The molecule has 0 unspecified atom stereocenters. The van der Waals surface area contributed by atoms with Crippen molar-refractivity contribution in [3.8, 4) is 0 Å². The summed E-state index contributed by atoms with van der Waals surface area (Å²) in [5.41, 5.74) is -2.67. The minimum atomic E-state index is -4.83. The van der Waals surface area contributed by atoms with E-state index >= 15 is 0 Å². The van der Waals surface area contributed by atoms with Crippen LogP contribution in [0.2, 0.25) is 0 Å². The lowest BCUT2D eigenvalue weighted by Gasteiger charge is -2.20. The molecule has 124 valence electrons. The monoisotopic (exact) mass is 326 g/mol. The summed E-state index contributed by atoms with van der Waals surface area (Å²) in [4.78, 5) is 5.48. The van der Waals surface area contributed by atoms with E-state index in [1.54, 1.807) is 18.7 Å². The molecule has 0 atom stereocenters. The summed E-state index contributed by atoms with van der Waals surface area (Å²) in [6.45, 7) is 4.33. The smallest absolute Gasteiger partial charge is 0.359 e. The van der Waals surface area contributed by atoms with Gasteiger partial charge >= 0.3 is 12.4 Å². The van der Waals surface area contributed by atoms with Crippen molar-refractivity contribution in [3.63, 3.8) is 0 Å². The maximum absolute atomic E-state index is 12.8. The van der Waals surface area contributed by atoms with Gasteiger partial charge in [0.1, 0.15) is 0 Å². The fourth-order valence-corrected chi connectivity index (χ4v) is 1.78. The Morgan fingerprint density at radius 1 is 0.955 bits per heavy atom. The molecular weight excluding hydrogens is 310 g/mol. The Morgan fingerprint density at radius 2 is 1.45 bits per heavy atom. The molecule has 2 nitrogen and oxygen atoms in total. The number of rotatable bonds is 5. The molecule has 0 aromatic heterocycles. The average Bonchev–Trinajstić information content (AvgIpc) is 2.41. The van der Waals surface area contributed by atoms with E-state index in [-0.39, 0.29) is 18.2 Å². The standard InChI is InChI=1S/C14H16F6N2/c1-3-21-9-22(4-2)8-10-5-11(13(15,16)17)7-12(6-10)14(18,19)20/h5-7,9H,3-4,8H2,1-2H3. The number of hydrogen-bond donors (Lipinski definition) is 0. The SMILES string of the molecule is CCN=CN(CC)Cc1cc(C(F)(F)F)cc(C(F)(F)F)c1. The maximum atomic E-state index is 12.8. The molecule has 0 radical (unpaired) electrons. The van der Waals surface area contributed by atoms with Crippen LogP contribution in [0.3, 0.4) is 0 Å². The highest BCUT2D eigenvalue weighted by Crippen LogP contribution is 2.36. The zero-order valence-electron chi connectivity index (χ0n) is 12.1. The van der Waals surface area contributed by atoms with Crippen molar-refractivity contribution < 1.29 is 26.3 Å². The number of benzene rings is 1. The highest BCUT2D eigenvalue weighted by molar-refractivity contribution is 5.55. The molecule has 0 spiro atoms. The van der Waals surface area contributed by atoms with E-state index in [2.05, 4.69) is 4.99 Å². The third-order valence-electron chi connectivity index (χ3n) is 2.87. The maximum Gasteiger partial charge on any atom is 0.416 e. The first-order valence-corrected chi connectivity index (χ1v) is 6.60. The molecule has 1 rings (SSSR count). The molecule has 0 aliphatic heterocycles. The first-order chi connectivity index (χ1) is 10.1. The summed E-state index contributed by atoms with van der Waals surface area (Å²) in [6, 6.07) is 1.59. The third-order valence-corrected chi connectivity index (χ3v) is 2.87. The van der Waals surface area contributed by atoms with Gasteiger partial charge in [0, 0.05) is 19.6 Å². The molecule has 0 amide bonds. The largest absolute Gasteiger partial charge is 0.416 e. The van der Waals surface area contributed by atoms with Crippen molar-refractivity contribution in [1.29, 1.82) is 0 Å². The lowest BCUT2D eigenvalue weighted by atomic mass is 10.0. The molecule has 0 saturated heterocycles. The molecule has 0 heterocycles. The average molecular weight is 326 g/mol. The van der Waals surface area contributed by atoms with E-state index in [0.29, 0.717) is 13.1 Å². The summed E-state index contributed by atoms with van der Waals surface area (Å²) >= 11 is 0. The van der Waals surface area contributed by atoms with Gasteiger partial charge in [-0.15, -0.1) is 0 Å². The van der Waals surface area contributed by atoms with Crippen LogP contribution in [0.25, 0.3) is 0 Å². The second-order valence-electron chi connectivity index (χ2n) is 4.59. The van der Waals surface area contributed by atoms with Crippen LogP contribution in [0.4, 0.5) is 26.3 Å². The van der Waals surface area contributed by atoms with Gasteiger partial charge < -0.3 is 4.90 Å². The number of hydrogen-bond acceptors (Lipinski definition) is 1. The number of alkyl halides is 6. The molecule has 0 N–H and O–H groups in total. The van der Waals surface area contributed by atoms with Crippen LogP contribution in [-0.4, -0.2) is 24.3 Å². The van der Waals surface area contributed by atoms with Gasteiger partial charge in [-0.3, -0.25) is 4.99 Å². The lowest BCUT2D eigenvalue weighted by Crippen LogP contribution is -2.22. The van der Waals surface area contributed by atoms with E-state index in [0.717, 1.165) is 12.1 Å². The molecule has 0 fully saturated rings. The van der Waals surface area contributed by atoms with Gasteiger partial charge in [0.2, 0.25) is 0 Å². The fourth-order valence-electron chi connectivity index (χ4n) is 1.78. The highest BCUT2D eigenvalue weighted by atomic mass is 19.4. The zero-order chi connectivity index (χ0) is 17.0. The van der Waals surface area contributed by atoms with Crippen LogP contribution >= 0.6 is 0 Å². The molecular formula is C14H16F6N2. The Labute approximate surface area is 124 Å². The van der Waals surface area contributed by atoms with Gasteiger partial charge in [-0.05, 0) is 37.6 Å². The van der Waals surface area contributed by atoms with Crippen molar-refractivity contribution in [2.75, 3.05) is 13.1 Å². The second kappa shape index (κ2) is 7.02. The van der Waals surface area contributed by atoms with E-state index < -0.39 is 23.5 Å². The predicted molar refractivity (Wildman–Crippen MR) is 71.6 cm³/mol. The third kappa shape index (κ3) is 5.23.